The van der Waals surface area contributed by atoms with Crippen LogP contribution in [-0.2, 0) is 4.79 Å². The van der Waals surface area contributed by atoms with Crippen LogP contribution in [-0.4, -0.2) is 34.9 Å². The molecule has 28 heavy (non-hydrogen) atoms. The third-order valence-corrected chi connectivity index (χ3v) is 6.54. The molecule has 0 radical (unpaired) electrons. The average Bonchev–Trinajstić information content (AvgIpc) is 3.43. The van der Waals surface area contributed by atoms with Crippen molar-refractivity contribution in [3.05, 3.63) is 40.7 Å². The molecule has 1 aliphatic rings. The molecule has 4 heterocycles. The van der Waals surface area contributed by atoms with Crippen molar-refractivity contribution in [1.29, 1.82) is 0 Å². The van der Waals surface area contributed by atoms with Crippen LogP contribution in [0.1, 0.15) is 22.5 Å². The average molecular weight is 412 g/mol. The highest BCUT2D eigenvalue weighted by atomic mass is 32.1. The topological polar surface area (TPSA) is 75.9 Å². The van der Waals surface area contributed by atoms with E-state index in [0.717, 1.165) is 21.7 Å². The van der Waals surface area contributed by atoms with Gasteiger partial charge in [0.2, 0.25) is 5.91 Å². The van der Waals surface area contributed by atoms with Gasteiger partial charge in [-0.3, -0.25) is 14.0 Å². The first-order valence-corrected chi connectivity index (χ1v) is 10.5. The molecule has 3 aromatic heterocycles. The number of hydrogen-bond acceptors (Lipinski definition) is 6. The number of nitrogens with zero attached hydrogens (tertiary/aromatic N) is 3. The minimum absolute atomic E-state index is 0.0710. The van der Waals surface area contributed by atoms with E-state index >= 15 is 0 Å². The van der Waals surface area contributed by atoms with Gasteiger partial charge in [-0.05, 0) is 30.7 Å². The summed E-state index contributed by atoms with van der Waals surface area (Å²) in [5.41, 5.74) is 2.24. The molecule has 0 aliphatic carbocycles. The normalized spacial score (nSPS) is 14.3. The molecule has 2 amide bonds. The quantitative estimate of drug-likeness (QED) is 0.550. The van der Waals surface area contributed by atoms with E-state index in [1.54, 1.807) is 41.5 Å². The molecule has 0 unspecified atom stereocenters. The van der Waals surface area contributed by atoms with Crippen molar-refractivity contribution in [2.75, 3.05) is 23.9 Å². The second-order valence-corrected chi connectivity index (χ2v) is 8.36. The molecule has 1 aliphatic heterocycles. The molecule has 0 saturated carbocycles. The lowest BCUT2D eigenvalue weighted by Crippen LogP contribution is -2.24. The maximum atomic E-state index is 12.8. The number of aromatic nitrogens is 2. The number of carbonyl (C=O) groups is 2. The maximum Gasteiger partial charge on any atom is 0.265 e. The van der Waals surface area contributed by atoms with Crippen LogP contribution < -0.4 is 15.0 Å². The van der Waals surface area contributed by atoms with Gasteiger partial charge in [-0.1, -0.05) is 0 Å². The fraction of sp³-hybridized carbons (Fsp3) is 0.211. The molecule has 1 N–H and O–H groups in total. The van der Waals surface area contributed by atoms with Gasteiger partial charge in [0.25, 0.3) is 5.91 Å². The van der Waals surface area contributed by atoms with Gasteiger partial charge >= 0.3 is 0 Å². The lowest BCUT2D eigenvalue weighted by molar-refractivity contribution is -0.117. The molecule has 7 nitrogen and oxygen atoms in total. The number of ether oxygens (including phenoxy) is 1. The highest BCUT2D eigenvalue weighted by molar-refractivity contribution is 7.21. The van der Waals surface area contributed by atoms with Gasteiger partial charge in [0.15, 0.2) is 4.96 Å². The van der Waals surface area contributed by atoms with Gasteiger partial charge in [-0.15, -0.1) is 22.7 Å². The summed E-state index contributed by atoms with van der Waals surface area (Å²) in [5, 5.41) is 4.89. The summed E-state index contributed by atoms with van der Waals surface area (Å²) in [5.74, 6) is 0.487. The summed E-state index contributed by atoms with van der Waals surface area (Å²) in [6.45, 7) is 0.659. The number of thiazole rings is 1. The van der Waals surface area contributed by atoms with E-state index in [2.05, 4.69) is 10.3 Å². The Labute approximate surface area is 168 Å². The summed E-state index contributed by atoms with van der Waals surface area (Å²) < 4.78 is 7.38. The second-order valence-electron chi connectivity index (χ2n) is 6.46. The van der Waals surface area contributed by atoms with Crippen LogP contribution in [0.25, 0.3) is 15.3 Å². The van der Waals surface area contributed by atoms with Crippen molar-refractivity contribution in [3.8, 4) is 5.75 Å². The smallest absolute Gasteiger partial charge is 0.265 e. The molecule has 0 atom stereocenters. The second kappa shape index (κ2) is 6.61. The number of amides is 2. The fourth-order valence-electron chi connectivity index (χ4n) is 3.43. The number of benzene rings is 1. The molecule has 4 aromatic rings. The highest BCUT2D eigenvalue weighted by Crippen LogP contribution is 2.34. The van der Waals surface area contributed by atoms with E-state index in [-0.39, 0.29) is 11.8 Å². The summed E-state index contributed by atoms with van der Waals surface area (Å²) in [6.07, 6.45) is 3.31. The number of carbonyl (C=O) groups excluding carboxylic acids is 2. The molecular weight excluding hydrogens is 396 g/mol. The Bertz CT molecular complexity index is 1220. The summed E-state index contributed by atoms with van der Waals surface area (Å²) >= 11 is 2.93. The van der Waals surface area contributed by atoms with E-state index < -0.39 is 0 Å². The van der Waals surface area contributed by atoms with Gasteiger partial charge in [0.1, 0.15) is 10.6 Å². The number of methoxy groups -OCH3 is 1. The van der Waals surface area contributed by atoms with Crippen molar-refractivity contribution in [1.82, 2.24) is 9.38 Å². The zero-order chi connectivity index (χ0) is 19.3. The number of imidazole rings is 1. The molecule has 0 spiro atoms. The molecule has 9 heteroatoms. The van der Waals surface area contributed by atoms with E-state index in [9.17, 15) is 9.59 Å². The van der Waals surface area contributed by atoms with E-state index in [4.69, 9.17) is 4.74 Å². The Balaban J connectivity index is 1.44. The Morgan fingerprint density at radius 3 is 3.00 bits per heavy atom. The molecular formula is C19H16N4O3S2. The lowest BCUT2D eigenvalue weighted by atomic mass is 10.2. The zero-order valence-corrected chi connectivity index (χ0v) is 16.6. The van der Waals surface area contributed by atoms with Crippen LogP contribution >= 0.6 is 22.7 Å². The van der Waals surface area contributed by atoms with Gasteiger partial charge in [-0.25, -0.2) is 4.98 Å². The predicted molar refractivity (Wildman–Crippen MR) is 111 cm³/mol. The first-order chi connectivity index (χ1) is 13.6. The van der Waals surface area contributed by atoms with Crippen molar-refractivity contribution in [2.24, 2.45) is 0 Å². The van der Waals surface area contributed by atoms with Crippen LogP contribution in [0.15, 0.2) is 35.8 Å². The molecule has 0 bridgehead atoms. The van der Waals surface area contributed by atoms with Crippen molar-refractivity contribution >= 4 is 61.2 Å². The van der Waals surface area contributed by atoms with E-state index in [0.29, 0.717) is 35.0 Å². The van der Waals surface area contributed by atoms with Gasteiger partial charge in [0, 0.05) is 30.2 Å². The van der Waals surface area contributed by atoms with Crippen LogP contribution in [0.2, 0.25) is 0 Å². The van der Waals surface area contributed by atoms with Gasteiger partial charge in [0.05, 0.1) is 23.2 Å². The van der Waals surface area contributed by atoms with Gasteiger partial charge in [-0.2, -0.15) is 0 Å². The molecule has 1 fully saturated rings. The standard InChI is InChI=1S/C19H16N4O3S2/c1-26-14-5-4-11(9-12(14)22-6-2-3-16(22)24)20-17(25)15-10-13-18(28-15)21-19-23(13)7-8-27-19/h4-5,7-10H,2-3,6H2,1H3,(H,20,25). The number of thiophene rings is 1. The Hall–Kier alpha value is -2.91. The Kier molecular flexibility index (Phi) is 4.06. The third-order valence-electron chi connectivity index (χ3n) is 4.76. The van der Waals surface area contributed by atoms with Crippen LogP contribution in [0, 0.1) is 0 Å². The van der Waals surface area contributed by atoms with Gasteiger partial charge < -0.3 is 15.0 Å². The van der Waals surface area contributed by atoms with Crippen LogP contribution in [0.4, 0.5) is 11.4 Å². The highest BCUT2D eigenvalue weighted by Gasteiger charge is 2.25. The van der Waals surface area contributed by atoms with Crippen molar-refractivity contribution < 1.29 is 14.3 Å². The Morgan fingerprint density at radius 1 is 1.32 bits per heavy atom. The Morgan fingerprint density at radius 2 is 2.21 bits per heavy atom. The monoisotopic (exact) mass is 412 g/mol. The SMILES string of the molecule is COc1ccc(NC(=O)c2cc3c(nc4sccn43)s2)cc1N1CCCC1=O. The van der Waals surface area contributed by atoms with Crippen molar-refractivity contribution in [3.63, 3.8) is 0 Å². The fourth-order valence-corrected chi connectivity index (χ4v) is 5.13. The number of hydrogen-bond donors (Lipinski definition) is 1. The molecule has 1 aromatic carbocycles. The number of nitrogens with one attached hydrogen (secondary N) is 1. The van der Waals surface area contributed by atoms with Crippen LogP contribution in [0.5, 0.6) is 5.75 Å². The predicted octanol–water partition coefficient (Wildman–Crippen LogP) is 4.00. The number of rotatable bonds is 4. The molecule has 5 rings (SSSR count). The largest absolute Gasteiger partial charge is 0.495 e. The third kappa shape index (κ3) is 2.74. The first kappa shape index (κ1) is 17.2. The molecule has 142 valence electrons. The number of fused-ring (bicyclic) bond motifs is 3. The summed E-state index contributed by atoms with van der Waals surface area (Å²) in [6, 6.07) is 7.19. The lowest BCUT2D eigenvalue weighted by Gasteiger charge is -2.20. The van der Waals surface area contributed by atoms with E-state index in [1.165, 1.54) is 11.3 Å². The summed E-state index contributed by atoms with van der Waals surface area (Å²) in [7, 11) is 1.57. The minimum Gasteiger partial charge on any atom is -0.495 e. The minimum atomic E-state index is -0.198. The first-order valence-electron chi connectivity index (χ1n) is 8.79. The zero-order valence-electron chi connectivity index (χ0n) is 15.0. The molecule has 1 saturated heterocycles. The number of anilines is 2. The van der Waals surface area contributed by atoms with Crippen molar-refractivity contribution in [2.45, 2.75) is 12.8 Å². The van der Waals surface area contributed by atoms with E-state index in [1.807, 2.05) is 22.0 Å². The summed E-state index contributed by atoms with van der Waals surface area (Å²) in [4.78, 5) is 33.5. The van der Waals surface area contributed by atoms with Crippen LogP contribution in [0.3, 0.4) is 0 Å². The maximum absolute atomic E-state index is 12.8.